The van der Waals surface area contributed by atoms with Gasteiger partial charge < -0.3 is 19.7 Å². The van der Waals surface area contributed by atoms with Gasteiger partial charge in [0.15, 0.2) is 5.65 Å². The number of benzene rings is 2. The quantitative estimate of drug-likeness (QED) is 0.275. The Morgan fingerprint density at radius 3 is 2.62 bits per heavy atom. The van der Waals surface area contributed by atoms with Gasteiger partial charge in [0, 0.05) is 38.7 Å². The van der Waals surface area contributed by atoms with E-state index in [1.807, 2.05) is 17.0 Å². The third-order valence-corrected chi connectivity index (χ3v) is 6.75. The number of halogens is 2. The summed E-state index contributed by atoms with van der Waals surface area (Å²) < 4.78 is 40.3. The van der Waals surface area contributed by atoms with Crippen molar-refractivity contribution in [1.82, 2.24) is 29.3 Å². The molecule has 13 heteroatoms. The first-order chi connectivity index (χ1) is 20.3. The van der Waals surface area contributed by atoms with E-state index in [2.05, 4.69) is 20.5 Å². The Morgan fingerprint density at radius 1 is 1.10 bits per heavy atom. The highest BCUT2D eigenvalue weighted by Crippen LogP contribution is 2.38. The van der Waals surface area contributed by atoms with Crippen LogP contribution in [0.5, 0.6) is 17.2 Å². The molecule has 214 valence electrons. The molecule has 0 aliphatic carbocycles. The van der Waals surface area contributed by atoms with Gasteiger partial charge in [-0.1, -0.05) is 12.1 Å². The second-order valence-corrected chi connectivity index (χ2v) is 9.66. The molecule has 0 saturated carbocycles. The number of likely N-dealkylation sites (tertiary alicyclic amines) is 1. The van der Waals surface area contributed by atoms with E-state index in [9.17, 15) is 18.4 Å². The third-order valence-electron chi connectivity index (χ3n) is 6.75. The van der Waals surface area contributed by atoms with Gasteiger partial charge in [-0.2, -0.15) is 19.0 Å². The van der Waals surface area contributed by atoms with E-state index in [1.54, 1.807) is 43.8 Å². The molecule has 1 fully saturated rings. The molecule has 2 aromatic carbocycles. The smallest absolute Gasteiger partial charge is 0.387 e. The molecular weight excluding hydrogens is 548 g/mol. The van der Waals surface area contributed by atoms with E-state index >= 15 is 0 Å². The number of aromatic nitrogens is 5. The number of alkyl halides is 2. The van der Waals surface area contributed by atoms with E-state index in [-0.39, 0.29) is 34.2 Å². The molecule has 4 heterocycles. The fourth-order valence-electron chi connectivity index (χ4n) is 4.58. The molecule has 6 rings (SSSR count). The molecule has 11 nitrogen and oxygen atoms in total. The lowest BCUT2D eigenvalue weighted by Crippen LogP contribution is -2.42. The number of hydrogen-bond donors (Lipinski definition) is 1. The van der Waals surface area contributed by atoms with Crippen LogP contribution < -0.4 is 14.8 Å². The van der Waals surface area contributed by atoms with Crippen molar-refractivity contribution in [1.29, 1.82) is 0 Å². The molecule has 0 unspecified atom stereocenters. The van der Waals surface area contributed by atoms with Crippen molar-refractivity contribution in [2.45, 2.75) is 19.5 Å². The van der Waals surface area contributed by atoms with Gasteiger partial charge in [-0.3, -0.25) is 14.3 Å². The van der Waals surface area contributed by atoms with Crippen LogP contribution in [0.15, 0.2) is 73.3 Å². The van der Waals surface area contributed by atoms with Crippen LogP contribution in [0.3, 0.4) is 0 Å². The first-order valence-corrected chi connectivity index (χ1v) is 13.1. The Morgan fingerprint density at radius 2 is 1.88 bits per heavy atom. The fourth-order valence-corrected chi connectivity index (χ4v) is 4.58. The van der Waals surface area contributed by atoms with Gasteiger partial charge in [0.25, 0.3) is 5.91 Å². The predicted octanol–water partition coefficient (Wildman–Crippen LogP) is 4.55. The summed E-state index contributed by atoms with van der Waals surface area (Å²) in [7, 11) is 1.64. The zero-order valence-electron chi connectivity index (χ0n) is 22.4. The van der Waals surface area contributed by atoms with Crippen molar-refractivity contribution >= 4 is 23.1 Å². The van der Waals surface area contributed by atoms with Crippen LogP contribution in [0, 0.1) is 0 Å². The highest BCUT2D eigenvalue weighted by molar-refractivity contribution is 6.09. The van der Waals surface area contributed by atoms with Gasteiger partial charge in [-0.05, 0) is 48.4 Å². The van der Waals surface area contributed by atoms with Gasteiger partial charge in [0.2, 0.25) is 5.91 Å². The Kier molecular flexibility index (Phi) is 7.21. The minimum Gasteiger partial charge on any atom is -0.457 e. The highest BCUT2D eigenvalue weighted by atomic mass is 19.3. The number of nitrogens with one attached hydrogen (secondary N) is 1. The van der Waals surface area contributed by atoms with Gasteiger partial charge in [-0.25, -0.2) is 9.50 Å². The molecule has 1 aliphatic rings. The zero-order chi connectivity index (χ0) is 29.2. The van der Waals surface area contributed by atoms with Crippen molar-refractivity contribution in [2.75, 3.05) is 18.4 Å². The van der Waals surface area contributed by atoms with Crippen molar-refractivity contribution in [3.8, 4) is 28.5 Å². The Labute approximate surface area is 238 Å². The molecule has 1 saturated heterocycles. The summed E-state index contributed by atoms with van der Waals surface area (Å²) >= 11 is 0. The van der Waals surface area contributed by atoms with Crippen LogP contribution in [0.4, 0.5) is 14.5 Å². The maximum atomic E-state index is 13.3. The van der Waals surface area contributed by atoms with Gasteiger partial charge >= 0.3 is 6.61 Å². The fraction of sp³-hybridized carbons (Fsp3) is 0.207. The molecule has 3 aromatic heterocycles. The standard InChI is InChI=1S/C29H25F2N7O4/c1-36-17-23(34-28(40)22-16-33-38-13-2-10-32-27(22)38)26(35-36)21-15-20(8-9-24(21)42-29(30)31)41-19-6-4-18(5-7-19)14-25(39)37-11-3-12-37/h2,4-10,13,15-17,29H,3,11-12,14H2,1H3,(H,34,40). The van der Waals surface area contributed by atoms with Crippen molar-refractivity contribution in [3.05, 3.63) is 84.4 Å². The van der Waals surface area contributed by atoms with Crippen LogP contribution >= 0.6 is 0 Å². The summed E-state index contributed by atoms with van der Waals surface area (Å²) in [5.41, 5.74) is 2.06. The number of aryl methyl sites for hydroxylation is 1. The maximum absolute atomic E-state index is 13.3. The topological polar surface area (TPSA) is 116 Å². The number of rotatable bonds is 9. The predicted molar refractivity (Wildman–Crippen MR) is 148 cm³/mol. The van der Waals surface area contributed by atoms with E-state index in [4.69, 9.17) is 9.47 Å². The number of nitrogens with zero attached hydrogens (tertiary/aromatic N) is 6. The molecule has 0 spiro atoms. The third kappa shape index (κ3) is 5.61. The summed E-state index contributed by atoms with van der Waals surface area (Å²) in [5.74, 6) is 0.244. The molecular formula is C29H25F2N7O4. The zero-order valence-corrected chi connectivity index (χ0v) is 22.4. The molecule has 42 heavy (non-hydrogen) atoms. The lowest BCUT2D eigenvalue weighted by molar-refractivity contribution is -0.133. The molecule has 1 N–H and O–H groups in total. The average molecular weight is 574 g/mol. The lowest BCUT2D eigenvalue weighted by atomic mass is 10.1. The summed E-state index contributed by atoms with van der Waals surface area (Å²) in [6, 6.07) is 13.1. The van der Waals surface area contributed by atoms with Crippen molar-refractivity contribution in [2.24, 2.45) is 7.05 Å². The van der Waals surface area contributed by atoms with Gasteiger partial charge in [0.05, 0.1) is 23.9 Å². The Balaban J connectivity index is 1.26. The number of carbonyl (C=O) groups is 2. The number of carbonyl (C=O) groups excluding carboxylic acids is 2. The Hall–Kier alpha value is -5.33. The van der Waals surface area contributed by atoms with Crippen molar-refractivity contribution < 1.29 is 27.8 Å². The number of ether oxygens (including phenoxy) is 2. The normalized spacial score (nSPS) is 12.8. The minimum absolute atomic E-state index is 0.0882. The second-order valence-electron chi connectivity index (χ2n) is 9.66. The van der Waals surface area contributed by atoms with Gasteiger partial charge in [-0.15, -0.1) is 0 Å². The molecule has 1 aliphatic heterocycles. The summed E-state index contributed by atoms with van der Waals surface area (Å²) in [6.45, 7) is -1.49. The van der Waals surface area contributed by atoms with Crippen LogP contribution in [0.25, 0.3) is 16.9 Å². The minimum atomic E-state index is -3.09. The number of amides is 2. The lowest BCUT2D eigenvalue weighted by Gasteiger charge is -2.30. The van der Waals surface area contributed by atoms with Crippen LogP contribution in [0.1, 0.15) is 22.3 Å². The Bertz CT molecular complexity index is 1760. The molecule has 0 radical (unpaired) electrons. The van der Waals surface area contributed by atoms with E-state index in [1.165, 1.54) is 33.6 Å². The summed E-state index contributed by atoms with van der Waals surface area (Å²) in [5, 5.41) is 11.3. The van der Waals surface area contributed by atoms with E-state index < -0.39 is 12.5 Å². The molecule has 0 atom stereocenters. The number of fused-ring (bicyclic) bond motifs is 1. The van der Waals surface area contributed by atoms with Crippen LogP contribution in [-0.4, -0.2) is 60.8 Å². The second kappa shape index (κ2) is 11.3. The van der Waals surface area contributed by atoms with Crippen molar-refractivity contribution in [3.63, 3.8) is 0 Å². The monoisotopic (exact) mass is 573 g/mol. The first kappa shape index (κ1) is 26.9. The molecule has 2 amide bonds. The van der Waals surface area contributed by atoms with Crippen LogP contribution in [0.2, 0.25) is 0 Å². The largest absolute Gasteiger partial charge is 0.457 e. The first-order valence-electron chi connectivity index (χ1n) is 13.1. The van der Waals surface area contributed by atoms with E-state index in [0.717, 1.165) is 25.1 Å². The number of anilines is 1. The average Bonchev–Trinajstić information content (AvgIpc) is 3.52. The maximum Gasteiger partial charge on any atom is 0.387 e. The number of hydrogen-bond acceptors (Lipinski definition) is 7. The highest BCUT2D eigenvalue weighted by Gasteiger charge is 2.23. The summed E-state index contributed by atoms with van der Waals surface area (Å²) in [4.78, 5) is 31.4. The molecule has 0 bridgehead atoms. The molecule has 5 aromatic rings. The van der Waals surface area contributed by atoms with E-state index in [0.29, 0.717) is 23.6 Å². The SMILES string of the molecule is Cn1cc(NC(=O)c2cnn3cccnc23)c(-c2cc(Oc3ccc(CC(=O)N4CCC4)cc3)ccc2OC(F)F)n1. The van der Waals surface area contributed by atoms with Crippen LogP contribution in [-0.2, 0) is 18.3 Å². The summed E-state index contributed by atoms with van der Waals surface area (Å²) in [6.07, 6.45) is 7.49. The van der Waals surface area contributed by atoms with Gasteiger partial charge in [0.1, 0.15) is 28.5 Å².